The average molecular weight is 344 g/mol. The number of H-pyrrole nitrogens is 1. The molecule has 2 heterocycles. The molecule has 1 aromatic carbocycles. The first-order valence-corrected chi connectivity index (χ1v) is 8.38. The molecule has 3 rings (SSSR count). The van der Waals surface area contributed by atoms with Gasteiger partial charge in [0.15, 0.2) is 3.95 Å². The molecular weight excluding hydrogens is 328 g/mol. The molecule has 0 spiro atoms. The number of thiazole rings is 1. The Bertz CT molecular complexity index is 847. The SMILES string of the molecule is Cc1[nH]c(=S)sc1CC(=O)NCc1ccc(-n2cccn2)cc1. The van der Waals surface area contributed by atoms with Gasteiger partial charge in [0.25, 0.3) is 0 Å². The number of aromatic amines is 1. The molecule has 1 amide bonds. The van der Waals surface area contributed by atoms with E-state index in [-0.39, 0.29) is 5.91 Å². The first kappa shape index (κ1) is 15.6. The summed E-state index contributed by atoms with van der Waals surface area (Å²) in [5, 5.41) is 7.12. The second kappa shape index (κ2) is 6.89. The van der Waals surface area contributed by atoms with E-state index < -0.39 is 0 Å². The molecule has 23 heavy (non-hydrogen) atoms. The van der Waals surface area contributed by atoms with Crippen LogP contribution in [-0.2, 0) is 17.8 Å². The highest BCUT2D eigenvalue weighted by molar-refractivity contribution is 7.73. The van der Waals surface area contributed by atoms with Gasteiger partial charge in [0.1, 0.15) is 0 Å². The first-order valence-electron chi connectivity index (χ1n) is 7.16. The van der Waals surface area contributed by atoms with Crippen molar-refractivity contribution in [2.45, 2.75) is 19.9 Å². The van der Waals surface area contributed by atoms with Crippen LogP contribution >= 0.6 is 23.6 Å². The Morgan fingerprint density at radius 3 is 2.78 bits per heavy atom. The third-order valence-corrected chi connectivity index (χ3v) is 4.78. The Labute approximate surface area is 143 Å². The minimum Gasteiger partial charge on any atom is -0.352 e. The highest BCUT2D eigenvalue weighted by Gasteiger charge is 2.08. The number of aromatic nitrogens is 3. The van der Waals surface area contributed by atoms with Crippen LogP contribution in [0.1, 0.15) is 16.1 Å². The molecule has 0 saturated heterocycles. The monoisotopic (exact) mass is 344 g/mol. The zero-order chi connectivity index (χ0) is 16.2. The maximum atomic E-state index is 12.0. The van der Waals surface area contributed by atoms with Gasteiger partial charge in [-0.1, -0.05) is 12.1 Å². The third kappa shape index (κ3) is 3.94. The summed E-state index contributed by atoms with van der Waals surface area (Å²) >= 11 is 6.54. The molecule has 0 aliphatic rings. The molecule has 118 valence electrons. The van der Waals surface area contributed by atoms with Gasteiger partial charge in [-0.2, -0.15) is 5.10 Å². The van der Waals surface area contributed by atoms with Crippen LogP contribution in [0.4, 0.5) is 0 Å². The Hall–Kier alpha value is -2.25. The molecule has 2 aromatic heterocycles. The zero-order valence-electron chi connectivity index (χ0n) is 12.6. The van der Waals surface area contributed by atoms with E-state index in [4.69, 9.17) is 12.2 Å². The summed E-state index contributed by atoms with van der Waals surface area (Å²) in [6.45, 7) is 2.44. The van der Waals surface area contributed by atoms with E-state index in [1.807, 2.05) is 43.5 Å². The minimum atomic E-state index is -0.00509. The van der Waals surface area contributed by atoms with Crippen molar-refractivity contribution in [3.63, 3.8) is 0 Å². The topological polar surface area (TPSA) is 62.7 Å². The van der Waals surface area contributed by atoms with E-state index in [1.165, 1.54) is 11.3 Å². The second-order valence-corrected chi connectivity index (χ2v) is 6.91. The van der Waals surface area contributed by atoms with Crippen molar-refractivity contribution in [1.82, 2.24) is 20.1 Å². The lowest BCUT2D eigenvalue weighted by atomic mass is 10.2. The maximum absolute atomic E-state index is 12.0. The maximum Gasteiger partial charge on any atom is 0.225 e. The molecule has 0 unspecified atom stereocenters. The normalized spacial score (nSPS) is 10.7. The van der Waals surface area contributed by atoms with Crippen LogP contribution in [0.15, 0.2) is 42.7 Å². The fourth-order valence-corrected chi connectivity index (χ4v) is 3.49. The van der Waals surface area contributed by atoms with Crippen LogP contribution in [-0.4, -0.2) is 20.7 Å². The molecule has 0 atom stereocenters. The van der Waals surface area contributed by atoms with Crippen molar-refractivity contribution in [3.05, 3.63) is 62.8 Å². The summed E-state index contributed by atoms with van der Waals surface area (Å²) in [6, 6.07) is 9.82. The average Bonchev–Trinajstić information content (AvgIpc) is 3.16. The minimum absolute atomic E-state index is 0.00509. The van der Waals surface area contributed by atoms with Gasteiger partial charge in [-0.15, -0.1) is 11.3 Å². The molecular formula is C16H16N4OS2. The van der Waals surface area contributed by atoms with E-state index >= 15 is 0 Å². The highest BCUT2D eigenvalue weighted by Crippen LogP contribution is 2.15. The summed E-state index contributed by atoms with van der Waals surface area (Å²) in [4.78, 5) is 16.1. The van der Waals surface area contributed by atoms with E-state index in [1.54, 1.807) is 10.9 Å². The lowest BCUT2D eigenvalue weighted by Gasteiger charge is -2.06. The van der Waals surface area contributed by atoms with Crippen LogP contribution in [0.2, 0.25) is 0 Å². The summed E-state index contributed by atoms with van der Waals surface area (Å²) in [5.41, 5.74) is 3.01. The number of nitrogens with zero attached hydrogens (tertiary/aromatic N) is 2. The number of benzene rings is 1. The molecule has 0 aliphatic carbocycles. The summed E-state index contributed by atoms with van der Waals surface area (Å²) < 4.78 is 2.50. The molecule has 0 fully saturated rings. The van der Waals surface area contributed by atoms with Gasteiger partial charge in [0.05, 0.1) is 12.1 Å². The summed E-state index contributed by atoms with van der Waals surface area (Å²) in [5.74, 6) is -0.00509. The number of carbonyl (C=O) groups is 1. The Morgan fingerprint density at radius 2 is 2.17 bits per heavy atom. The van der Waals surface area contributed by atoms with Crippen LogP contribution < -0.4 is 5.32 Å². The van der Waals surface area contributed by atoms with Gasteiger partial charge in [-0.05, 0) is 42.9 Å². The zero-order valence-corrected chi connectivity index (χ0v) is 14.2. The standard InChI is InChI=1S/C16H16N4OS2/c1-11-14(23-16(22)19-11)9-15(21)17-10-12-3-5-13(6-4-12)20-8-2-7-18-20/h2-8H,9-10H2,1H3,(H,17,21)(H,19,22). The summed E-state index contributed by atoms with van der Waals surface area (Å²) in [7, 11) is 0. The predicted octanol–water partition coefficient (Wildman–Crippen LogP) is 3.16. The molecule has 0 bridgehead atoms. The largest absolute Gasteiger partial charge is 0.352 e. The van der Waals surface area contributed by atoms with E-state index in [2.05, 4.69) is 15.4 Å². The van der Waals surface area contributed by atoms with Crippen molar-refractivity contribution in [1.29, 1.82) is 0 Å². The third-order valence-electron chi connectivity index (χ3n) is 3.44. The van der Waals surface area contributed by atoms with Crippen LogP contribution in [0.5, 0.6) is 0 Å². The van der Waals surface area contributed by atoms with Gasteiger partial charge >= 0.3 is 0 Å². The molecule has 2 N–H and O–H groups in total. The highest BCUT2D eigenvalue weighted by atomic mass is 32.1. The smallest absolute Gasteiger partial charge is 0.225 e. The fraction of sp³-hybridized carbons (Fsp3) is 0.188. The van der Waals surface area contributed by atoms with E-state index in [0.717, 1.165) is 21.8 Å². The molecule has 0 radical (unpaired) electrons. The van der Waals surface area contributed by atoms with Crippen LogP contribution in [0, 0.1) is 10.9 Å². The number of nitrogens with one attached hydrogen (secondary N) is 2. The predicted molar refractivity (Wildman–Crippen MR) is 93.4 cm³/mol. The van der Waals surface area contributed by atoms with Crippen molar-refractivity contribution >= 4 is 29.5 Å². The number of rotatable bonds is 5. The van der Waals surface area contributed by atoms with E-state index in [9.17, 15) is 4.79 Å². The summed E-state index contributed by atoms with van der Waals surface area (Å²) in [6.07, 6.45) is 3.99. The molecule has 0 aliphatic heterocycles. The van der Waals surface area contributed by atoms with Crippen molar-refractivity contribution < 1.29 is 4.79 Å². The quantitative estimate of drug-likeness (QED) is 0.699. The lowest BCUT2D eigenvalue weighted by Crippen LogP contribution is -2.24. The first-order chi connectivity index (χ1) is 11.1. The molecule has 5 nitrogen and oxygen atoms in total. The number of hydrogen-bond donors (Lipinski definition) is 2. The van der Waals surface area contributed by atoms with Gasteiger partial charge < -0.3 is 10.3 Å². The lowest BCUT2D eigenvalue weighted by molar-refractivity contribution is -0.120. The van der Waals surface area contributed by atoms with Gasteiger partial charge in [-0.25, -0.2) is 4.68 Å². The Morgan fingerprint density at radius 1 is 1.39 bits per heavy atom. The number of carbonyl (C=O) groups excluding carboxylic acids is 1. The Kier molecular flexibility index (Phi) is 4.68. The fourth-order valence-electron chi connectivity index (χ4n) is 2.20. The van der Waals surface area contributed by atoms with Gasteiger partial charge in [0.2, 0.25) is 5.91 Å². The number of aryl methyl sites for hydroxylation is 1. The number of amides is 1. The van der Waals surface area contributed by atoms with Gasteiger partial charge in [-0.3, -0.25) is 4.79 Å². The van der Waals surface area contributed by atoms with Crippen molar-refractivity contribution in [2.75, 3.05) is 0 Å². The van der Waals surface area contributed by atoms with Crippen molar-refractivity contribution in [2.24, 2.45) is 0 Å². The molecule has 7 heteroatoms. The van der Waals surface area contributed by atoms with E-state index in [0.29, 0.717) is 16.9 Å². The molecule has 0 saturated carbocycles. The Balaban J connectivity index is 1.56. The van der Waals surface area contributed by atoms with Crippen LogP contribution in [0.3, 0.4) is 0 Å². The second-order valence-electron chi connectivity index (χ2n) is 5.13. The van der Waals surface area contributed by atoms with Crippen molar-refractivity contribution in [3.8, 4) is 5.69 Å². The van der Waals surface area contributed by atoms with Gasteiger partial charge in [0, 0.05) is 29.5 Å². The number of hydrogen-bond acceptors (Lipinski definition) is 4. The molecule has 3 aromatic rings. The van der Waals surface area contributed by atoms with Crippen LogP contribution in [0.25, 0.3) is 5.69 Å².